The number of methoxy groups -OCH3 is 2. The summed E-state index contributed by atoms with van der Waals surface area (Å²) >= 11 is 1.23. The summed E-state index contributed by atoms with van der Waals surface area (Å²) in [6, 6.07) is 18.3. The summed E-state index contributed by atoms with van der Waals surface area (Å²) in [6.07, 6.45) is 1.76. The molecule has 0 spiro atoms. The van der Waals surface area contributed by atoms with Crippen LogP contribution in [-0.4, -0.2) is 53.8 Å². The van der Waals surface area contributed by atoms with Crippen LogP contribution in [0.25, 0.3) is 6.08 Å². The first-order valence-corrected chi connectivity index (χ1v) is 15.6. The molecule has 0 saturated carbocycles. The van der Waals surface area contributed by atoms with Gasteiger partial charge in [-0.2, -0.15) is 0 Å². The van der Waals surface area contributed by atoms with Crippen molar-refractivity contribution >= 4 is 29.3 Å². The third-order valence-electron chi connectivity index (χ3n) is 7.84. The van der Waals surface area contributed by atoms with E-state index in [1.807, 2.05) is 38.1 Å². The Balaban J connectivity index is 1.62. The van der Waals surface area contributed by atoms with Gasteiger partial charge in [-0.15, -0.1) is 0 Å². The molecule has 10 nitrogen and oxygen atoms in total. The smallest absolute Gasteiger partial charge is 0.335 e. The number of rotatable bonds is 11. The highest BCUT2D eigenvalue weighted by Crippen LogP contribution is 2.38. The van der Waals surface area contributed by atoms with Gasteiger partial charge in [0.1, 0.15) is 29.9 Å². The molecule has 0 radical (unpaired) electrons. The minimum Gasteiger partial charge on any atom is -0.497 e. The van der Waals surface area contributed by atoms with Crippen molar-refractivity contribution in [2.24, 2.45) is 4.99 Å². The number of carbonyl (C=O) groups excluding carboxylic acids is 1. The number of allylic oxidation sites excluding steroid dienone is 1. The number of fused-ring (bicyclic) bond motifs is 1. The van der Waals surface area contributed by atoms with Crippen LogP contribution >= 0.6 is 11.3 Å². The zero-order valence-electron chi connectivity index (χ0n) is 26.3. The van der Waals surface area contributed by atoms with Gasteiger partial charge in [-0.25, -0.2) is 9.79 Å². The van der Waals surface area contributed by atoms with Gasteiger partial charge in [0, 0.05) is 24.2 Å². The first-order valence-electron chi connectivity index (χ1n) is 14.8. The number of carboxylic acids is 1. The number of amides is 1. The van der Waals surface area contributed by atoms with E-state index in [0.29, 0.717) is 62.1 Å². The maximum Gasteiger partial charge on any atom is 0.335 e. The third kappa shape index (κ3) is 6.32. The number of nitrogens with zero attached hydrogens (tertiary/aromatic N) is 3. The van der Waals surface area contributed by atoms with Crippen LogP contribution in [0.1, 0.15) is 53.9 Å². The predicted molar refractivity (Wildman–Crippen MR) is 175 cm³/mol. The molecule has 4 aromatic rings. The quantitative estimate of drug-likeness (QED) is 0.258. The number of thiazole rings is 1. The van der Waals surface area contributed by atoms with Crippen molar-refractivity contribution in [2.75, 3.05) is 27.3 Å². The fourth-order valence-electron chi connectivity index (χ4n) is 5.40. The van der Waals surface area contributed by atoms with Gasteiger partial charge in [0.2, 0.25) is 0 Å². The second-order valence-corrected chi connectivity index (χ2v) is 11.5. The predicted octanol–water partition coefficient (Wildman–Crippen LogP) is 4.40. The summed E-state index contributed by atoms with van der Waals surface area (Å²) in [5.74, 6) is 0.424. The maximum absolute atomic E-state index is 14.3. The molecular weight excluding hydrogens is 606 g/mol. The van der Waals surface area contributed by atoms with E-state index >= 15 is 0 Å². The monoisotopic (exact) mass is 641 g/mol. The van der Waals surface area contributed by atoms with Gasteiger partial charge in [0.05, 0.1) is 35.6 Å². The van der Waals surface area contributed by atoms with Crippen LogP contribution in [0.3, 0.4) is 0 Å². The number of ether oxygens (including phenoxy) is 3. The molecule has 0 unspecified atom stereocenters. The van der Waals surface area contributed by atoms with Gasteiger partial charge in [-0.05, 0) is 68.8 Å². The molecule has 3 aromatic carbocycles. The Morgan fingerprint density at radius 1 is 1.00 bits per heavy atom. The second-order valence-electron chi connectivity index (χ2n) is 10.5. The Morgan fingerprint density at radius 2 is 1.72 bits per heavy atom. The van der Waals surface area contributed by atoms with Crippen LogP contribution in [0.4, 0.5) is 0 Å². The Hall–Kier alpha value is -5.16. The van der Waals surface area contributed by atoms with Crippen molar-refractivity contribution in [3.05, 3.63) is 120 Å². The number of likely N-dealkylation sites (N-methyl/N-ethyl adjacent to an activating group) is 1. The van der Waals surface area contributed by atoms with E-state index in [9.17, 15) is 19.5 Å². The maximum atomic E-state index is 14.3. The Morgan fingerprint density at radius 3 is 2.37 bits per heavy atom. The number of aromatic carboxylic acids is 1. The van der Waals surface area contributed by atoms with Crippen LogP contribution in [0.2, 0.25) is 0 Å². The topological polar surface area (TPSA) is 120 Å². The molecule has 11 heteroatoms. The normalized spacial score (nSPS) is 14.4. The molecule has 1 aromatic heterocycles. The highest BCUT2D eigenvalue weighted by Gasteiger charge is 2.36. The molecule has 238 valence electrons. The van der Waals surface area contributed by atoms with Crippen molar-refractivity contribution in [2.45, 2.75) is 33.4 Å². The second kappa shape index (κ2) is 13.9. The summed E-state index contributed by atoms with van der Waals surface area (Å²) in [4.78, 5) is 46.4. The van der Waals surface area contributed by atoms with Crippen LogP contribution in [0.15, 0.2) is 87.8 Å². The van der Waals surface area contributed by atoms with E-state index in [1.165, 1.54) is 23.5 Å². The number of hydrogen-bond donors (Lipinski definition) is 1. The summed E-state index contributed by atoms with van der Waals surface area (Å²) in [6.45, 7) is 6.83. The van der Waals surface area contributed by atoms with Crippen molar-refractivity contribution in [3.8, 4) is 17.2 Å². The summed E-state index contributed by atoms with van der Waals surface area (Å²) in [7, 11) is 3.11. The molecule has 0 aliphatic carbocycles. The number of para-hydroxylation sites is 1. The Bertz CT molecular complexity index is 1990. The largest absolute Gasteiger partial charge is 0.497 e. The van der Waals surface area contributed by atoms with E-state index in [1.54, 1.807) is 67.0 Å². The molecule has 46 heavy (non-hydrogen) atoms. The molecule has 0 fully saturated rings. The highest BCUT2D eigenvalue weighted by atomic mass is 32.1. The summed E-state index contributed by atoms with van der Waals surface area (Å²) < 4.78 is 19.3. The van der Waals surface area contributed by atoms with Crippen LogP contribution in [0.5, 0.6) is 17.2 Å². The third-order valence-corrected chi connectivity index (χ3v) is 8.82. The van der Waals surface area contributed by atoms with E-state index < -0.39 is 12.0 Å². The number of aromatic nitrogens is 1. The summed E-state index contributed by atoms with van der Waals surface area (Å²) in [5, 5.41) is 9.18. The number of benzene rings is 3. The van der Waals surface area contributed by atoms with Gasteiger partial charge < -0.3 is 24.2 Å². The average molecular weight is 642 g/mol. The van der Waals surface area contributed by atoms with E-state index in [0.717, 1.165) is 5.56 Å². The molecule has 1 amide bonds. The lowest BCUT2D eigenvalue weighted by atomic mass is 9.93. The van der Waals surface area contributed by atoms with Crippen molar-refractivity contribution < 1.29 is 28.9 Å². The van der Waals surface area contributed by atoms with Gasteiger partial charge in [0.15, 0.2) is 4.80 Å². The fraction of sp³-hybridized carbons (Fsp3) is 0.257. The molecule has 0 bridgehead atoms. The Kier molecular flexibility index (Phi) is 9.72. The molecule has 1 atom stereocenters. The van der Waals surface area contributed by atoms with Crippen molar-refractivity contribution in [1.82, 2.24) is 9.47 Å². The molecule has 1 aliphatic heterocycles. The number of hydrogen-bond acceptors (Lipinski definition) is 8. The number of carbonyl (C=O) groups is 2. The van der Waals surface area contributed by atoms with Crippen LogP contribution in [-0.2, 0) is 11.4 Å². The zero-order valence-corrected chi connectivity index (χ0v) is 27.1. The Labute approximate surface area is 270 Å². The molecule has 2 heterocycles. The number of carboxylic acid groups (broad SMARTS) is 1. The zero-order chi connectivity index (χ0) is 33.0. The van der Waals surface area contributed by atoms with E-state index in [-0.39, 0.29) is 23.6 Å². The summed E-state index contributed by atoms with van der Waals surface area (Å²) in [5.41, 5.74) is 2.89. The molecular formula is C35H35N3O7S. The van der Waals surface area contributed by atoms with Gasteiger partial charge in [0.25, 0.3) is 11.5 Å². The highest BCUT2D eigenvalue weighted by molar-refractivity contribution is 7.07. The molecule has 1 N–H and O–H groups in total. The lowest BCUT2D eigenvalue weighted by molar-refractivity contribution is -0.127. The minimum absolute atomic E-state index is 0.196. The van der Waals surface area contributed by atoms with Crippen LogP contribution in [0, 0.1) is 0 Å². The molecule has 5 rings (SSSR count). The van der Waals surface area contributed by atoms with E-state index in [2.05, 4.69) is 0 Å². The van der Waals surface area contributed by atoms with Crippen molar-refractivity contribution in [1.29, 1.82) is 0 Å². The van der Waals surface area contributed by atoms with Gasteiger partial charge in [-0.3, -0.25) is 14.2 Å². The lowest BCUT2D eigenvalue weighted by Gasteiger charge is -2.30. The average Bonchev–Trinajstić information content (AvgIpc) is 3.37. The molecule has 1 aliphatic rings. The fourth-order valence-corrected chi connectivity index (χ4v) is 6.44. The standard InChI is InChI=1S/C35H35N3O7S/c1-6-37(7-2)33(40)30-21(3)36-35-38(31(30)26-19-25(43-4)16-17-28(26)44-5)32(39)29(46-35)18-24-10-8-9-11-27(24)45-20-22-12-14-23(15-13-22)34(41)42/h8-19,31H,6-7,20H2,1-5H3,(H,41,42)/b29-18+/t31-/m0/s1. The van der Waals surface area contributed by atoms with Gasteiger partial charge in [-0.1, -0.05) is 41.7 Å². The first kappa shape index (κ1) is 32.2. The molecule has 0 saturated heterocycles. The SMILES string of the molecule is CCN(CC)C(=O)C1=C(C)N=c2s/c(=C/c3ccccc3OCc3ccc(C(=O)O)cc3)c(=O)n2[C@H]1c1cc(OC)ccc1OC. The first-order chi connectivity index (χ1) is 22.2. The van der Waals surface area contributed by atoms with Crippen LogP contribution < -0.4 is 29.1 Å². The van der Waals surface area contributed by atoms with Gasteiger partial charge >= 0.3 is 5.97 Å². The minimum atomic E-state index is -0.994. The van der Waals surface area contributed by atoms with Crippen molar-refractivity contribution in [3.63, 3.8) is 0 Å². The lowest BCUT2D eigenvalue weighted by Crippen LogP contribution is -2.43. The van der Waals surface area contributed by atoms with E-state index in [4.69, 9.17) is 19.2 Å².